The predicted molar refractivity (Wildman–Crippen MR) is 105 cm³/mol. The van der Waals surface area contributed by atoms with Gasteiger partial charge in [-0.15, -0.1) is 11.3 Å². The number of benzene rings is 1. The van der Waals surface area contributed by atoms with Crippen LogP contribution < -0.4 is 10.1 Å². The fourth-order valence-corrected chi connectivity index (χ4v) is 4.03. The van der Waals surface area contributed by atoms with Gasteiger partial charge in [0.05, 0.1) is 17.2 Å². The molecule has 0 atom stereocenters. The third-order valence-electron chi connectivity index (χ3n) is 4.66. The molecule has 0 radical (unpaired) electrons. The minimum absolute atomic E-state index is 0.0272. The lowest BCUT2D eigenvalue weighted by Gasteiger charge is -2.31. The predicted octanol–water partition coefficient (Wildman–Crippen LogP) is 2.95. The van der Waals surface area contributed by atoms with Crippen LogP contribution in [0.2, 0.25) is 0 Å². The van der Waals surface area contributed by atoms with Gasteiger partial charge < -0.3 is 15.0 Å². The second-order valence-corrected chi connectivity index (χ2v) is 7.45. The maximum absolute atomic E-state index is 12.3. The fourth-order valence-electron chi connectivity index (χ4n) is 3.03. The highest BCUT2D eigenvalue weighted by Gasteiger charge is 2.25. The average Bonchev–Trinajstić information content (AvgIpc) is 3.20. The Hall–Kier alpha value is -2.41. The molecule has 1 saturated heterocycles. The number of aromatic nitrogens is 1. The summed E-state index contributed by atoms with van der Waals surface area (Å²) in [5.41, 5.74) is 0.909. The lowest BCUT2D eigenvalue weighted by molar-refractivity contribution is -0.134. The first-order valence-electron chi connectivity index (χ1n) is 9.32. The summed E-state index contributed by atoms with van der Waals surface area (Å²) in [6, 6.07) is 9.40. The van der Waals surface area contributed by atoms with Crippen molar-refractivity contribution in [2.45, 2.75) is 38.6 Å². The Kier molecular flexibility index (Phi) is 6.81. The summed E-state index contributed by atoms with van der Waals surface area (Å²) >= 11 is 1.64. The van der Waals surface area contributed by atoms with Crippen molar-refractivity contribution in [2.24, 2.45) is 0 Å². The summed E-state index contributed by atoms with van der Waals surface area (Å²) in [7, 11) is 0. The van der Waals surface area contributed by atoms with E-state index < -0.39 is 0 Å². The van der Waals surface area contributed by atoms with Crippen LogP contribution >= 0.6 is 11.3 Å². The van der Waals surface area contributed by atoms with Crippen molar-refractivity contribution in [3.8, 4) is 5.75 Å². The molecule has 2 amide bonds. The van der Waals surface area contributed by atoms with E-state index in [0.717, 1.165) is 36.6 Å². The van der Waals surface area contributed by atoms with E-state index in [1.807, 2.05) is 47.5 Å². The van der Waals surface area contributed by atoms with Crippen molar-refractivity contribution in [3.63, 3.8) is 0 Å². The number of thiazole rings is 1. The number of piperidine rings is 1. The van der Waals surface area contributed by atoms with E-state index in [1.54, 1.807) is 11.3 Å². The Balaban J connectivity index is 1.44. The highest BCUT2D eigenvalue weighted by Crippen LogP contribution is 2.30. The van der Waals surface area contributed by atoms with E-state index in [-0.39, 0.29) is 18.4 Å². The van der Waals surface area contributed by atoms with Crippen LogP contribution in [0.4, 0.5) is 0 Å². The Bertz CT molecular complexity index is 755. The SMILES string of the molecule is CCC(=O)NCc1csc(C2CCN(C(=O)COc3ccccc3)CC2)n1. The molecule has 1 N–H and O–H groups in total. The topological polar surface area (TPSA) is 71.5 Å². The second-order valence-electron chi connectivity index (χ2n) is 6.56. The standard InChI is InChI=1S/C20H25N3O3S/c1-2-18(24)21-12-16-14-27-20(22-16)15-8-10-23(11-9-15)19(25)13-26-17-6-4-3-5-7-17/h3-7,14-15H,2,8-13H2,1H3,(H,21,24). The zero-order valence-corrected chi connectivity index (χ0v) is 16.3. The van der Waals surface area contributed by atoms with Gasteiger partial charge in [-0.2, -0.15) is 0 Å². The van der Waals surface area contributed by atoms with Crippen LogP contribution in [0.5, 0.6) is 5.75 Å². The Morgan fingerprint density at radius 2 is 2.00 bits per heavy atom. The van der Waals surface area contributed by atoms with Crippen LogP contribution in [0, 0.1) is 0 Å². The zero-order chi connectivity index (χ0) is 19.1. The number of para-hydroxylation sites is 1. The first-order valence-corrected chi connectivity index (χ1v) is 10.2. The number of carbonyl (C=O) groups excluding carboxylic acids is 2. The number of hydrogen-bond donors (Lipinski definition) is 1. The molecule has 27 heavy (non-hydrogen) atoms. The van der Waals surface area contributed by atoms with E-state index in [1.165, 1.54) is 0 Å². The van der Waals surface area contributed by atoms with E-state index in [0.29, 0.717) is 24.6 Å². The van der Waals surface area contributed by atoms with Gasteiger partial charge in [-0.25, -0.2) is 4.98 Å². The Labute approximate surface area is 163 Å². The van der Waals surface area contributed by atoms with Gasteiger partial charge in [-0.05, 0) is 25.0 Å². The summed E-state index contributed by atoms with van der Waals surface area (Å²) in [5.74, 6) is 1.16. The smallest absolute Gasteiger partial charge is 0.260 e. The van der Waals surface area contributed by atoms with Crippen molar-refractivity contribution >= 4 is 23.2 Å². The van der Waals surface area contributed by atoms with E-state index in [2.05, 4.69) is 10.3 Å². The molecule has 0 aliphatic carbocycles. The van der Waals surface area contributed by atoms with Gasteiger partial charge in [0.2, 0.25) is 5.91 Å². The lowest BCUT2D eigenvalue weighted by atomic mass is 9.97. The Morgan fingerprint density at radius 1 is 1.26 bits per heavy atom. The number of likely N-dealkylation sites (tertiary alicyclic amines) is 1. The molecule has 0 unspecified atom stereocenters. The van der Waals surface area contributed by atoms with Crippen LogP contribution in [0.1, 0.15) is 42.8 Å². The largest absolute Gasteiger partial charge is 0.484 e. The maximum Gasteiger partial charge on any atom is 0.260 e. The van der Waals surface area contributed by atoms with E-state index in [9.17, 15) is 9.59 Å². The molecule has 0 bridgehead atoms. The highest BCUT2D eigenvalue weighted by molar-refractivity contribution is 7.09. The van der Waals surface area contributed by atoms with Gasteiger partial charge in [-0.1, -0.05) is 25.1 Å². The highest BCUT2D eigenvalue weighted by atomic mass is 32.1. The Morgan fingerprint density at radius 3 is 2.70 bits per heavy atom. The average molecular weight is 388 g/mol. The van der Waals surface area contributed by atoms with Crippen molar-refractivity contribution in [1.29, 1.82) is 0 Å². The molecule has 2 heterocycles. The normalized spacial score (nSPS) is 14.8. The van der Waals surface area contributed by atoms with E-state index in [4.69, 9.17) is 4.74 Å². The molecule has 3 rings (SSSR count). The molecule has 0 saturated carbocycles. The van der Waals surface area contributed by atoms with Crippen molar-refractivity contribution in [1.82, 2.24) is 15.2 Å². The van der Waals surface area contributed by atoms with Gasteiger partial charge in [0, 0.05) is 30.8 Å². The molecule has 0 spiro atoms. The second kappa shape index (κ2) is 9.50. The summed E-state index contributed by atoms with van der Waals surface area (Å²) in [6.07, 6.45) is 2.30. The number of nitrogens with one attached hydrogen (secondary N) is 1. The van der Waals surface area contributed by atoms with E-state index >= 15 is 0 Å². The van der Waals surface area contributed by atoms with Gasteiger partial charge in [0.1, 0.15) is 5.75 Å². The molecular formula is C20H25N3O3S. The molecule has 1 aromatic carbocycles. The minimum atomic E-state index is 0.0272. The molecule has 6 nitrogen and oxygen atoms in total. The number of rotatable bonds is 7. The van der Waals surface area contributed by atoms with Crippen LogP contribution in [0.15, 0.2) is 35.7 Å². The maximum atomic E-state index is 12.3. The molecule has 1 fully saturated rings. The lowest BCUT2D eigenvalue weighted by Crippen LogP contribution is -2.40. The molecule has 7 heteroatoms. The van der Waals surface area contributed by atoms with Crippen LogP contribution in [0.25, 0.3) is 0 Å². The summed E-state index contributed by atoms with van der Waals surface area (Å²) < 4.78 is 5.56. The molecular weight excluding hydrogens is 362 g/mol. The number of nitrogens with zero attached hydrogens (tertiary/aromatic N) is 2. The van der Waals surface area contributed by atoms with Crippen molar-refractivity contribution in [2.75, 3.05) is 19.7 Å². The summed E-state index contributed by atoms with van der Waals surface area (Å²) in [4.78, 5) is 30.2. The zero-order valence-electron chi connectivity index (χ0n) is 15.5. The first kappa shape index (κ1) is 19.4. The van der Waals surface area contributed by atoms with Crippen LogP contribution in [-0.4, -0.2) is 41.4 Å². The number of amides is 2. The first-order chi connectivity index (χ1) is 13.2. The number of carbonyl (C=O) groups is 2. The summed E-state index contributed by atoms with van der Waals surface area (Å²) in [6.45, 7) is 3.85. The minimum Gasteiger partial charge on any atom is -0.484 e. The molecule has 1 aliphatic heterocycles. The van der Waals surface area contributed by atoms with Gasteiger partial charge in [0.15, 0.2) is 6.61 Å². The quantitative estimate of drug-likeness (QED) is 0.793. The third kappa shape index (κ3) is 5.53. The summed E-state index contributed by atoms with van der Waals surface area (Å²) in [5, 5.41) is 5.96. The number of hydrogen-bond acceptors (Lipinski definition) is 5. The molecule has 144 valence electrons. The van der Waals surface area contributed by atoms with Crippen molar-refractivity contribution in [3.05, 3.63) is 46.4 Å². The van der Waals surface area contributed by atoms with Crippen LogP contribution in [0.3, 0.4) is 0 Å². The van der Waals surface area contributed by atoms with Crippen molar-refractivity contribution < 1.29 is 14.3 Å². The molecule has 2 aromatic rings. The fraction of sp³-hybridized carbons (Fsp3) is 0.450. The molecule has 1 aliphatic rings. The van der Waals surface area contributed by atoms with Gasteiger partial charge >= 0.3 is 0 Å². The monoisotopic (exact) mass is 387 g/mol. The number of ether oxygens (including phenoxy) is 1. The van der Waals surface area contributed by atoms with Gasteiger partial charge in [0.25, 0.3) is 5.91 Å². The third-order valence-corrected chi connectivity index (χ3v) is 5.72. The van der Waals surface area contributed by atoms with Crippen LogP contribution in [-0.2, 0) is 16.1 Å². The molecule has 1 aromatic heterocycles. The van der Waals surface area contributed by atoms with Gasteiger partial charge in [-0.3, -0.25) is 9.59 Å².